The standard InChI is InChI=1S/C20H14IN3O3/c1-23-11-12(15-4-2-3-5-17(15)23)10-16-18(25)22-20(27)24(19(16)26)14-8-6-13(21)7-9-14/h2-11H,1H3,(H,22,25,27)/b16-10-. The zero-order valence-corrected chi connectivity index (χ0v) is 16.4. The Morgan fingerprint density at radius 2 is 1.70 bits per heavy atom. The van der Waals surface area contributed by atoms with E-state index in [1.54, 1.807) is 24.3 Å². The number of amides is 4. The second-order valence-electron chi connectivity index (χ2n) is 6.15. The third kappa shape index (κ3) is 3.03. The van der Waals surface area contributed by atoms with E-state index in [1.165, 1.54) is 6.08 Å². The molecule has 0 aliphatic carbocycles. The van der Waals surface area contributed by atoms with Gasteiger partial charge in [0.1, 0.15) is 5.57 Å². The third-order valence-electron chi connectivity index (χ3n) is 4.41. The van der Waals surface area contributed by atoms with Crippen molar-refractivity contribution < 1.29 is 14.4 Å². The zero-order chi connectivity index (χ0) is 19.1. The third-order valence-corrected chi connectivity index (χ3v) is 5.13. The molecule has 7 heteroatoms. The van der Waals surface area contributed by atoms with Crippen molar-refractivity contribution in [3.8, 4) is 0 Å². The molecule has 0 unspecified atom stereocenters. The number of nitrogens with one attached hydrogen (secondary N) is 1. The maximum absolute atomic E-state index is 12.9. The van der Waals surface area contributed by atoms with E-state index in [4.69, 9.17) is 0 Å². The van der Waals surface area contributed by atoms with Crippen LogP contribution in [-0.4, -0.2) is 22.4 Å². The second kappa shape index (κ2) is 6.66. The van der Waals surface area contributed by atoms with Gasteiger partial charge in [-0.15, -0.1) is 0 Å². The number of halogens is 1. The minimum atomic E-state index is -0.749. The summed E-state index contributed by atoms with van der Waals surface area (Å²) >= 11 is 2.14. The van der Waals surface area contributed by atoms with Crippen molar-refractivity contribution in [2.24, 2.45) is 7.05 Å². The van der Waals surface area contributed by atoms with Crippen LogP contribution in [0.4, 0.5) is 10.5 Å². The highest BCUT2D eigenvalue weighted by Crippen LogP contribution is 2.26. The molecule has 6 nitrogen and oxygen atoms in total. The summed E-state index contributed by atoms with van der Waals surface area (Å²) in [4.78, 5) is 38.5. The number of carbonyl (C=O) groups excluding carboxylic acids is 3. The molecule has 1 saturated heterocycles. The van der Waals surface area contributed by atoms with Crippen LogP contribution in [0.15, 0.2) is 60.3 Å². The fourth-order valence-corrected chi connectivity index (χ4v) is 3.49. The van der Waals surface area contributed by atoms with Crippen molar-refractivity contribution in [1.29, 1.82) is 0 Å². The molecule has 0 radical (unpaired) electrons. The van der Waals surface area contributed by atoms with Gasteiger partial charge in [-0.25, -0.2) is 9.69 Å². The van der Waals surface area contributed by atoms with Crippen LogP contribution >= 0.6 is 22.6 Å². The first kappa shape index (κ1) is 17.5. The molecule has 0 saturated carbocycles. The van der Waals surface area contributed by atoms with Gasteiger partial charge in [0.15, 0.2) is 0 Å². The smallest absolute Gasteiger partial charge is 0.335 e. The molecule has 4 amide bonds. The van der Waals surface area contributed by atoms with E-state index < -0.39 is 17.8 Å². The molecule has 1 aliphatic heterocycles. The summed E-state index contributed by atoms with van der Waals surface area (Å²) in [5.74, 6) is -1.34. The number of urea groups is 1. The lowest BCUT2D eigenvalue weighted by atomic mass is 10.1. The molecule has 2 heterocycles. The van der Waals surface area contributed by atoms with Crippen LogP contribution in [0.25, 0.3) is 17.0 Å². The van der Waals surface area contributed by atoms with Crippen molar-refractivity contribution in [3.05, 3.63) is 69.4 Å². The topological polar surface area (TPSA) is 71.4 Å². The summed E-state index contributed by atoms with van der Waals surface area (Å²) in [6.07, 6.45) is 3.38. The molecule has 0 atom stereocenters. The number of nitrogens with zero attached hydrogens (tertiary/aromatic N) is 2. The van der Waals surface area contributed by atoms with Gasteiger partial charge in [0.05, 0.1) is 5.69 Å². The van der Waals surface area contributed by atoms with E-state index in [9.17, 15) is 14.4 Å². The molecule has 0 spiro atoms. The van der Waals surface area contributed by atoms with Gasteiger partial charge in [-0.3, -0.25) is 14.9 Å². The minimum absolute atomic E-state index is 0.0792. The zero-order valence-electron chi connectivity index (χ0n) is 14.3. The lowest BCUT2D eigenvalue weighted by Gasteiger charge is -2.26. The summed E-state index contributed by atoms with van der Waals surface area (Å²) in [5, 5.41) is 3.17. The number of aryl methyl sites for hydroxylation is 1. The van der Waals surface area contributed by atoms with Gasteiger partial charge in [0.25, 0.3) is 11.8 Å². The largest absolute Gasteiger partial charge is 0.350 e. The first-order valence-electron chi connectivity index (χ1n) is 8.17. The molecule has 1 aromatic heterocycles. The highest BCUT2D eigenvalue weighted by atomic mass is 127. The molecule has 1 aliphatic rings. The predicted molar refractivity (Wildman–Crippen MR) is 111 cm³/mol. The second-order valence-corrected chi connectivity index (χ2v) is 7.39. The van der Waals surface area contributed by atoms with Crippen LogP contribution in [-0.2, 0) is 16.6 Å². The normalized spacial score (nSPS) is 16.3. The molecule has 3 aromatic rings. The van der Waals surface area contributed by atoms with Crippen molar-refractivity contribution in [3.63, 3.8) is 0 Å². The number of hydrogen-bond acceptors (Lipinski definition) is 3. The summed E-state index contributed by atoms with van der Waals surface area (Å²) < 4.78 is 2.90. The Bertz CT molecular complexity index is 1130. The summed E-state index contributed by atoms with van der Waals surface area (Å²) in [5.41, 5.74) is 2.06. The van der Waals surface area contributed by atoms with Crippen LogP contribution in [0.3, 0.4) is 0 Å². The monoisotopic (exact) mass is 471 g/mol. The number of para-hydroxylation sites is 1. The number of barbiturate groups is 1. The van der Waals surface area contributed by atoms with Crippen LogP contribution in [0, 0.1) is 3.57 Å². The van der Waals surface area contributed by atoms with Crippen LogP contribution < -0.4 is 10.2 Å². The van der Waals surface area contributed by atoms with Crippen LogP contribution in [0.2, 0.25) is 0 Å². The number of fused-ring (bicyclic) bond motifs is 1. The summed E-state index contributed by atoms with van der Waals surface area (Å²) in [7, 11) is 1.90. The number of carbonyl (C=O) groups is 3. The Kier molecular flexibility index (Phi) is 4.31. The van der Waals surface area contributed by atoms with Crippen LogP contribution in [0.1, 0.15) is 5.56 Å². The van der Waals surface area contributed by atoms with E-state index in [2.05, 4.69) is 27.9 Å². The summed E-state index contributed by atoms with van der Waals surface area (Å²) in [6.45, 7) is 0. The first-order valence-corrected chi connectivity index (χ1v) is 9.24. The van der Waals surface area contributed by atoms with Crippen molar-refractivity contribution in [2.75, 3.05) is 4.90 Å². The van der Waals surface area contributed by atoms with E-state index in [0.717, 1.165) is 24.9 Å². The Morgan fingerprint density at radius 1 is 1.00 bits per heavy atom. The van der Waals surface area contributed by atoms with E-state index >= 15 is 0 Å². The Morgan fingerprint density at radius 3 is 2.44 bits per heavy atom. The van der Waals surface area contributed by atoms with E-state index in [0.29, 0.717) is 5.69 Å². The van der Waals surface area contributed by atoms with Gasteiger partial charge in [-0.05, 0) is 59.0 Å². The number of benzene rings is 2. The molecule has 1 fully saturated rings. The maximum Gasteiger partial charge on any atom is 0.335 e. The van der Waals surface area contributed by atoms with E-state index in [-0.39, 0.29) is 5.57 Å². The van der Waals surface area contributed by atoms with Gasteiger partial charge in [0, 0.05) is 33.3 Å². The van der Waals surface area contributed by atoms with Crippen LogP contribution in [0.5, 0.6) is 0 Å². The highest BCUT2D eigenvalue weighted by molar-refractivity contribution is 14.1. The highest BCUT2D eigenvalue weighted by Gasteiger charge is 2.36. The molecule has 0 bridgehead atoms. The average molecular weight is 471 g/mol. The first-order chi connectivity index (χ1) is 13.0. The van der Waals surface area contributed by atoms with E-state index in [1.807, 2.05) is 42.1 Å². The van der Waals surface area contributed by atoms with Gasteiger partial charge in [-0.2, -0.15) is 0 Å². The average Bonchev–Trinajstić information content (AvgIpc) is 2.96. The molecular weight excluding hydrogens is 457 g/mol. The van der Waals surface area contributed by atoms with Gasteiger partial charge in [0.2, 0.25) is 0 Å². The number of hydrogen-bond donors (Lipinski definition) is 1. The molecule has 4 rings (SSSR count). The SMILES string of the molecule is Cn1cc(/C=C2/C(=O)NC(=O)N(c3ccc(I)cc3)C2=O)c2ccccc21. The molecule has 134 valence electrons. The van der Waals surface area contributed by atoms with Crippen molar-refractivity contribution in [1.82, 2.24) is 9.88 Å². The van der Waals surface area contributed by atoms with Gasteiger partial charge < -0.3 is 4.57 Å². The quantitative estimate of drug-likeness (QED) is 0.354. The Hall–Kier alpha value is -2.94. The van der Waals surface area contributed by atoms with Crippen molar-refractivity contribution in [2.45, 2.75) is 0 Å². The fraction of sp³-hybridized carbons (Fsp3) is 0.0500. The van der Waals surface area contributed by atoms with Gasteiger partial charge >= 0.3 is 6.03 Å². The lowest BCUT2D eigenvalue weighted by Crippen LogP contribution is -2.54. The Labute approximate surface area is 168 Å². The summed E-state index contributed by atoms with van der Waals surface area (Å²) in [6, 6.07) is 13.9. The number of imide groups is 2. The molecule has 1 N–H and O–H groups in total. The lowest BCUT2D eigenvalue weighted by molar-refractivity contribution is -0.122. The molecule has 27 heavy (non-hydrogen) atoms. The maximum atomic E-state index is 12.9. The van der Waals surface area contributed by atoms with Gasteiger partial charge in [-0.1, -0.05) is 18.2 Å². The number of rotatable bonds is 2. The molecular formula is C20H14IN3O3. The number of aromatic nitrogens is 1. The number of anilines is 1. The Balaban J connectivity index is 1.80. The minimum Gasteiger partial charge on any atom is -0.350 e. The predicted octanol–water partition coefficient (Wildman–Crippen LogP) is 3.45. The van der Waals surface area contributed by atoms with Crippen molar-refractivity contribution >= 4 is 63.1 Å². The molecule has 2 aromatic carbocycles. The fourth-order valence-electron chi connectivity index (χ4n) is 3.13.